The highest BCUT2D eigenvalue weighted by Gasteiger charge is 2.41. The van der Waals surface area contributed by atoms with Gasteiger partial charge in [0.1, 0.15) is 5.82 Å². The van der Waals surface area contributed by atoms with E-state index in [4.69, 9.17) is 5.73 Å². The summed E-state index contributed by atoms with van der Waals surface area (Å²) in [4.78, 5) is 0. The number of pyridine rings is 1. The van der Waals surface area contributed by atoms with Crippen molar-refractivity contribution in [3.63, 3.8) is 0 Å². The first kappa shape index (κ1) is 21.8. The lowest BCUT2D eigenvalue weighted by atomic mass is 9.90. The van der Waals surface area contributed by atoms with Crippen LogP contribution in [0.1, 0.15) is 37.2 Å². The number of halogens is 1. The number of anilines is 1. The fourth-order valence-corrected chi connectivity index (χ4v) is 7.32. The summed E-state index contributed by atoms with van der Waals surface area (Å²) in [6.45, 7) is 1.11. The summed E-state index contributed by atoms with van der Waals surface area (Å²) in [5, 5.41) is 8.90. The molecule has 0 radical (unpaired) electrons. The van der Waals surface area contributed by atoms with E-state index < -0.39 is 10.0 Å². The van der Waals surface area contributed by atoms with E-state index in [0.29, 0.717) is 18.9 Å². The van der Waals surface area contributed by atoms with Crippen molar-refractivity contribution in [1.29, 1.82) is 0 Å². The minimum absolute atomic E-state index is 0.158. The minimum Gasteiger partial charge on any atom is -0.383 e. The molecule has 2 fully saturated rings. The van der Waals surface area contributed by atoms with E-state index in [9.17, 15) is 8.42 Å². The van der Waals surface area contributed by atoms with Crippen LogP contribution in [0.2, 0.25) is 0 Å². The maximum Gasteiger partial charge on any atom is 0.216 e. The molecule has 176 valence electrons. The summed E-state index contributed by atoms with van der Waals surface area (Å²) in [6.07, 6.45) is 8.79. The summed E-state index contributed by atoms with van der Waals surface area (Å²) >= 11 is 3.69. The first-order valence-electron chi connectivity index (χ1n) is 11.5. The van der Waals surface area contributed by atoms with Crippen molar-refractivity contribution < 1.29 is 8.42 Å². The fourth-order valence-electron chi connectivity index (χ4n) is 4.84. The summed E-state index contributed by atoms with van der Waals surface area (Å²) in [7, 11) is -3.13. The number of sulfonamides is 1. The zero-order valence-corrected chi connectivity index (χ0v) is 20.9. The minimum atomic E-state index is -3.13. The first-order valence-corrected chi connectivity index (χ1v) is 13.8. The topological polar surface area (TPSA) is 98.5 Å². The van der Waals surface area contributed by atoms with Crippen molar-refractivity contribution in [2.75, 3.05) is 18.8 Å². The number of hydrogen-bond acceptors (Lipinski definition) is 5. The zero-order valence-electron chi connectivity index (χ0n) is 18.5. The number of rotatable bonds is 5. The van der Waals surface area contributed by atoms with Gasteiger partial charge in [-0.1, -0.05) is 18.2 Å². The lowest BCUT2D eigenvalue weighted by molar-refractivity contribution is 0.318. The molecule has 10 heteroatoms. The van der Waals surface area contributed by atoms with Crippen LogP contribution in [0, 0.1) is 0 Å². The second-order valence-electron chi connectivity index (χ2n) is 9.08. The van der Waals surface area contributed by atoms with Gasteiger partial charge in [0.25, 0.3) is 0 Å². The Balaban J connectivity index is 1.33. The highest BCUT2D eigenvalue weighted by atomic mass is 79.9. The molecule has 1 aliphatic heterocycles. The van der Waals surface area contributed by atoms with Gasteiger partial charge in [-0.05, 0) is 71.3 Å². The zero-order chi connectivity index (χ0) is 23.4. The normalized spacial score (nSPS) is 18.0. The molecule has 0 unspecified atom stereocenters. The molecule has 0 atom stereocenters. The summed E-state index contributed by atoms with van der Waals surface area (Å²) < 4.78 is 31.4. The lowest BCUT2D eigenvalue weighted by Crippen LogP contribution is -2.39. The van der Waals surface area contributed by atoms with E-state index in [1.807, 2.05) is 53.6 Å². The van der Waals surface area contributed by atoms with Crippen molar-refractivity contribution in [3.8, 4) is 16.8 Å². The van der Waals surface area contributed by atoms with Crippen molar-refractivity contribution >= 4 is 37.3 Å². The third-order valence-corrected chi connectivity index (χ3v) is 10.2. The van der Waals surface area contributed by atoms with Crippen LogP contribution in [-0.4, -0.2) is 50.5 Å². The molecular weight excluding hydrogens is 516 g/mol. The number of nitrogen functional groups attached to an aromatic ring is 1. The Kier molecular flexibility index (Phi) is 5.27. The van der Waals surface area contributed by atoms with Gasteiger partial charge >= 0.3 is 0 Å². The maximum atomic E-state index is 12.6. The number of fused-ring (bicyclic) bond motifs is 1. The lowest BCUT2D eigenvalue weighted by Gasteiger charge is -2.32. The van der Waals surface area contributed by atoms with Crippen LogP contribution in [0.4, 0.5) is 5.82 Å². The van der Waals surface area contributed by atoms with Crippen LogP contribution in [0.15, 0.2) is 59.5 Å². The first-order chi connectivity index (χ1) is 16.4. The van der Waals surface area contributed by atoms with Gasteiger partial charge in [-0.25, -0.2) is 21.9 Å². The molecule has 4 heterocycles. The molecule has 3 aromatic heterocycles. The molecule has 34 heavy (non-hydrogen) atoms. The number of para-hydroxylation sites is 1. The number of nitrogens with two attached hydrogens (primary N) is 1. The van der Waals surface area contributed by atoms with Crippen molar-refractivity contribution in [3.05, 3.63) is 65.0 Å². The average molecular weight is 541 g/mol. The SMILES string of the molecule is Nc1c(Br)c(C2CCN(S(=O)(=O)C3CC3)CC2)cc2c(-c3cnn(-c4ccccc4)c3)cnn12. The molecule has 1 aliphatic carbocycles. The van der Waals surface area contributed by atoms with Gasteiger partial charge in [0.05, 0.1) is 33.3 Å². The largest absolute Gasteiger partial charge is 0.383 e. The van der Waals surface area contributed by atoms with E-state index in [-0.39, 0.29) is 11.2 Å². The third kappa shape index (κ3) is 3.64. The molecule has 0 amide bonds. The Labute approximate surface area is 206 Å². The molecule has 6 rings (SSSR count). The molecule has 2 aliphatic rings. The Morgan fingerprint density at radius 2 is 1.74 bits per heavy atom. The predicted octanol–water partition coefficient (Wildman–Crippen LogP) is 4.20. The van der Waals surface area contributed by atoms with Crippen molar-refractivity contribution in [1.82, 2.24) is 23.7 Å². The highest BCUT2D eigenvalue weighted by Crippen LogP contribution is 2.40. The van der Waals surface area contributed by atoms with Gasteiger partial charge in [-0.15, -0.1) is 0 Å². The van der Waals surface area contributed by atoms with E-state index in [2.05, 4.69) is 32.2 Å². The van der Waals surface area contributed by atoms with Crippen LogP contribution >= 0.6 is 15.9 Å². The molecule has 0 bridgehead atoms. The summed E-state index contributed by atoms with van der Waals surface area (Å²) in [6, 6.07) is 12.1. The average Bonchev–Trinajstić information content (AvgIpc) is 3.47. The molecule has 1 aromatic carbocycles. The van der Waals surface area contributed by atoms with Gasteiger partial charge in [0.15, 0.2) is 0 Å². The van der Waals surface area contributed by atoms with Gasteiger partial charge in [0, 0.05) is 30.4 Å². The molecule has 8 nitrogen and oxygen atoms in total. The molecule has 0 spiro atoms. The Morgan fingerprint density at radius 3 is 2.44 bits per heavy atom. The van der Waals surface area contributed by atoms with Gasteiger partial charge in [-0.3, -0.25) is 0 Å². The van der Waals surface area contributed by atoms with Crippen LogP contribution in [0.3, 0.4) is 0 Å². The van der Waals surface area contributed by atoms with E-state index in [0.717, 1.165) is 58.1 Å². The van der Waals surface area contributed by atoms with Crippen LogP contribution < -0.4 is 5.73 Å². The predicted molar refractivity (Wildman–Crippen MR) is 135 cm³/mol. The molecule has 1 saturated heterocycles. The van der Waals surface area contributed by atoms with Gasteiger partial charge in [-0.2, -0.15) is 10.2 Å². The Morgan fingerprint density at radius 1 is 1.00 bits per heavy atom. The Bertz CT molecular complexity index is 1470. The van der Waals surface area contributed by atoms with Crippen LogP contribution in [0.25, 0.3) is 22.3 Å². The van der Waals surface area contributed by atoms with Gasteiger partial charge in [0.2, 0.25) is 10.0 Å². The number of aromatic nitrogens is 4. The molecule has 1 saturated carbocycles. The number of benzene rings is 1. The van der Waals surface area contributed by atoms with Crippen molar-refractivity contribution in [2.24, 2.45) is 0 Å². The summed E-state index contributed by atoms with van der Waals surface area (Å²) in [5.74, 6) is 0.768. The van der Waals surface area contributed by atoms with E-state index in [1.54, 1.807) is 8.82 Å². The second-order valence-corrected chi connectivity index (χ2v) is 12.1. The quantitative estimate of drug-likeness (QED) is 0.409. The number of hydrogen-bond donors (Lipinski definition) is 1. The Hall–Kier alpha value is -2.69. The van der Waals surface area contributed by atoms with Gasteiger partial charge < -0.3 is 5.73 Å². The maximum absolute atomic E-state index is 12.6. The van der Waals surface area contributed by atoms with E-state index in [1.165, 1.54) is 0 Å². The number of piperidine rings is 1. The summed E-state index contributed by atoms with van der Waals surface area (Å²) in [5.41, 5.74) is 11.4. The standard InChI is InChI=1S/C24H25BrN6O2S/c25-23-20(16-8-10-29(11-9-16)34(32,33)19-6-7-19)12-22-21(14-28-31(22)24(23)26)17-13-27-30(15-17)18-4-2-1-3-5-18/h1-5,12-16,19H,6-11,26H2. The third-order valence-electron chi connectivity index (χ3n) is 6.92. The van der Waals surface area contributed by atoms with Crippen LogP contribution in [-0.2, 0) is 10.0 Å². The van der Waals surface area contributed by atoms with Crippen LogP contribution in [0.5, 0.6) is 0 Å². The molecule has 2 N–H and O–H groups in total. The highest BCUT2D eigenvalue weighted by molar-refractivity contribution is 9.10. The monoisotopic (exact) mass is 540 g/mol. The smallest absolute Gasteiger partial charge is 0.216 e. The number of nitrogens with zero attached hydrogens (tertiary/aromatic N) is 5. The second kappa shape index (κ2) is 8.21. The fraction of sp³-hybridized carbons (Fsp3) is 0.333. The van der Waals surface area contributed by atoms with Crippen molar-refractivity contribution in [2.45, 2.75) is 36.9 Å². The molecular formula is C24H25BrN6O2S. The molecule has 4 aromatic rings. The van der Waals surface area contributed by atoms with E-state index >= 15 is 0 Å².